The highest BCUT2D eigenvalue weighted by atomic mass is 19.4. The standard InChI is InChI=1S/C18H26F3N5O/c1-11(18(19,20)21)22-16-24-15(12-6-5-9-14(27)10-12)25-17(26-16)23-13-7-3-2-4-8-13/h10-11,13-14,27H,2-9H2,1H3,(H2,22,23,24,25,26)/t11-,14?/m1/s1. The number of aliphatic hydroxyl groups excluding tert-OH is 1. The molecule has 0 bridgehead atoms. The number of allylic oxidation sites excluding steroid dienone is 1. The van der Waals surface area contributed by atoms with E-state index in [4.69, 9.17) is 0 Å². The maximum atomic E-state index is 12.9. The van der Waals surface area contributed by atoms with Gasteiger partial charge in [-0.3, -0.25) is 0 Å². The fourth-order valence-electron chi connectivity index (χ4n) is 3.44. The van der Waals surface area contributed by atoms with Crippen LogP contribution in [0.4, 0.5) is 25.1 Å². The molecule has 9 heteroatoms. The summed E-state index contributed by atoms with van der Waals surface area (Å²) in [5.41, 5.74) is 0.741. The second kappa shape index (κ2) is 8.41. The Balaban J connectivity index is 1.87. The average molecular weight is 385 g/mol. The Hall–Kier alpha value is -1.90. The number of hydrogen-bond acceptors (Lipinski definition) is 6. The van der Waals surface area contributed by atoms with E-state index in [1.54, 1.807) is 6.08 Å². The molecule has 3 N–H and O–H groups in total. The monoisotopic (exact) mass is 385 g/mol. The lowest BCUT2D eigenvalue weighted by Crippen LogP contribution is -2.34. The molecule has 2 aliphatic carbocycles. The van der Waals surface area contributed by atoms with Crippen LogP contribution < -0.4 is 10.6 Å². The minimum atomic E-state index is -4.40. The second-order valence-corrected chi connectivity index (χ2v) is 7.34. The van der Waals surface area contributed by atoms with Crippen molar-refractivity contribution < 1.29 is 18.3 Å². The van der Waals surface area contributed by atoms with Gasteiger partial charge < -0.3 is 15.7 Å². The van der Waals surface area contributed by atoms with Crippen molar-refractivity contribution in [1.82, 2.24) is 15.0 Å². The number of nitrogens with one attached hydrogen (secondary N) is 2. The normalized spacial score (nSPS) is 22.9. The van der Waals surface area contributed by atoms with Crippen molar-refractivity contribution in [3.8, 4) is 0 Å². The molecule has 3 rings (SSSR count). The van der Waals surface area contributed by atoms with Gasteiger partial charge in [-0.15, -0.1) is 0 Å². The molecule has 0 aliphatic heterocycles. The Morgan fingerprint density at radius 3 is 2.41 bits per heavy atom. The molecular formula is C18H26F3N5O. The molecule has 2 atom stereocenters. The van der Waals surface area contributed by atoms with Crippen LogP contribution in [0.2, 0.25) is 0 Å². The first-order chi connectivity index (χ1) is 12.8. The molecule has 1 fully saturated rings. The SMILES string of the molecule is C[C@@H](Nc1nc(NC2CCCCC2)nc(C2=CC(O)CCC2)n1)C(F)(F)F. The summed E-state index contributed by atoms with van der Waals surface area (Å²) < 4.78 is 38.8. The predicted molar refractivity (Wildman–Crippen MR) is 97.3 cm³/mol. The van der Waals surface area contributed by atoms with Crippen LogP contribution in [0.15, 0.2) is 6.08 Å². The summed E-state index contributed by atoms with van der Waals surface area (Å²) in [7, 11) is 0. The fourth-order valence-corrected chi connectivity index (χ4v) is 3.44. The molecule has 1 aromatic heterocycles. The van der Waals surface area contributed by atoms with Gasteiger partial charge in [-0.1, -0.05) is 19.3 Å². The van der Waals surface area contributed by atoms with E-state index in [9.17, 15) is 18.3 Å². The summed E-state index contributed by atoms with van der Waals surface area (Å²) in [5, 5.41) is 15.4. The molecule has 0 spiro atoms. The van der Waals surface area contributed by atoms with Gasteiger partial charge in [0.1, 0.15) is 6.04 Å². The molecule has 0 amide bonds. The zero-order chi connectivity index (χ0) is 19.4. The molecular weight excluding hydrogens is 359 g/mol. The minimum Gasteiger partial charge on any atom is -0.389 e. The van der Waals surface area contributed by atoms with Crippen LogP contribution in [0.5, 0.6) is 0 Å². The highest BCUT2D eigenvalue weighted by Crippen LogP contribution is 2.28. The molecule has 1 saturated carbocycles. The van der Waals surface area contributed by atoms with Gasteiger partial charge in [-0.2, -0.15) is 28.1 Å². The number of nitrogens with zero attached hydrogens (tertiary/aromatic N) is 3. The van der Waals surface area contributed by atoms with Crippen molar-refractivity contribution in [2.45, 2.75) is 82.7 Å². The Labute approximate surface area is 156 Å². The Morgan fingerprint density at radius 1 is 1.04 bits per heavy atom. The zero-order valence-electron chi connectivity index (χ0n) is 15.4. The summed E-state index contributed by atoms with van der Waals surface area (Å²) in [6.45, 7) is 1.03. The van der Waals surface area contributed by atoms with Crippen LogP contribution in [0.1, 0.15) is 64.1 Å². The third kappa shape index (κ3) is 5.54. The van der Waals surface area contributed by atoms with Gasteiger partial charge in [0, 0.05) is 6.04 Å². The number of rotatable bonds is 5. The minimum absolute atomic E-state index is 0.107. The summed E-state index contributed by atoms with van der Waals surface area (Å²) in [6, 6.07) is -1.56. The van der Waals surface area contributed by atoms with Crippen LogP contribution in [0, 0.1) is 0 Å². The lowest BCUT2D eigenvalue weighted by molar-refractivity contribution is -0.138. The first kappa shape index (κ1) is 19.9. The molecule has 6 nitrogen and oxygen atoms in total. The molecule has 2 aliphatic rings. The summed E-state index contributed by atoms with van der Waals surface area (Å²) >= 11 is 0. The lowest BCUT2D eigenvalue weighted by atomic mass is 9.96. The zero-order valence-corrected chi connectivity index (χ0v) is 15.4. The van der Waals surface area contributed by atoms with Gasteiger partial charge in [-0.05, 0) is 50.7 Å². The maximum absolute atomic E-state index is 12.9. The molecule has 0 saturated heterocycles. The van der Waals surface area contributed by atoms with Gasteiger partial charge in [0.25, 0.3) is 0 Å². The van der Waals surface area contributed by atoms with Gasteiger partial charge in [0.2, 0.25) is 11.9 Å². The molecule has 27 heavy (non-hydrogen) atoms. The lowest BCUT2D eigenvalue weighted by Gasteiger charge is -2.24. The quantitative estimate of drug-likeness (QED) is 0.713. The van der Waals surface area contributed by atoms with E-state index in [1.165, 1.54) is 6.42 Å². The number of alkyl halides is 3. The number of aromatic nitrogens is 3. The van der Waals surface area contributed by atoms with E-state index >= 15 is 0 Å². The van der Waals surface area contributed by atoms with Crippen LogP contribution in [-0.2, 0) is 0 Å². The molecule has 0 radical (unpaired) electrons. The van der Waals surface area contributed by atoms with Crippen molar-refractivity contribution >= 4 is 17.5 Å². The van der Waals surface area contributed by atoms with E-state index in [-0.39, 0.29) is 17.9 Å². The van der Waals surface area contributed by atoms with Crippen LogP contribution in [-0.4, -0.2) is 44.4 Å². The third-order valence-electron chi connectivity index (χ3n) is 5.04. The van der Waals surface area contributed by atoms with E-state index in [0.29, 0.717) is 18.7 Å². The predicted octanol–water partition coefficient (Wildman–Crippen LogP) is 3.91. The van der Waals surface area contributed by atoms with Gasteiger partial charge in [0.05, 0.1) is 6.10 Å². The van der Waals surface area contributed by atoms with Crippen LogP contribution >= 0.6 is 0 Å². The van der Waals surface area contributed by atoms with E-state index in [2.05, 4.69) is 25.6 Å². The van der Waals surface area contributed by atoms with Crippen molar-refractivity contribution in [2.75, 3.05) is 10.6 Å². The van der Waals surface area contributed by atoms with Crippen molar-refractivity contribution in [2.24, 2.45) is 0 Å². The van der Waals surface area contributed by atoms with Gasteiger partial charge in [-0.25, -0.2) is 0 Å². The highest BCUT2D eigenvalue weighted by Gasteiger charge is 2.36. The van der Waals surface area contributed by atoms with Crippen LogP contribution in [0.3, 0.4) is 0 Å². The largest absolute Gasteiger partial charge is 0.408 e. The van der Waals surface area contributed by atoms with E-state index < -0.39 is 18.3 Å². The Bertz CT molecular complexity index is 673. The highest BCUT2D eigenvalue weighted by molar-refractivity contribution is 5.63. The number of hydrogen-bond donors (Lipinski definition) is 3. The van der Waals surface area contributed by atoms with Crippen molar-refractivity contribution in [3.63, 3.8) is 0 Å². The van der Waals surface area contributed by atoms with Crippen molar-refractivity contribution in [1.29, 1.82) is 0 Å². The molecule has 0 aromatic carbocycles. The number of halogens is 3. The van der Waals surface area contributed by atoms with E-state index in [0.717, 1.165) is 44.6 Å². The third-order valence-corrected chi connectivity index (χ3v) is 5.04. The summed E-state index contributed by atoms with van der Waals surface area (Å²) in [5.74, 6) is 0.493. The van der Waals surface area contributed by atoms with E-state index in [1.807, 2.05) is 0 Å². The molecule has 150 valence electrons. The first-order valence-corrected chi connectivity index (χ1v) is 9.56. The first-order valence-electron chi connectivity index (χ1n) is 9.56. The van der Waals surface area contributed by atoms with Crippen LogP contribution in [0.25, 0.3) is 5.57 Å². The molecule has 1 heterocycles. The summed E-state index contributed by atoms with van der Waals surface area (Å²) in [4.78, 5) is 12.8. The number of anilines is 2. The fraction of sp³-hybridized carbons (Fsp3) is 0.722. The topological polar surface area (TPSA) is 83.0 Å². The van der Waals surface area contributed by atoms with Gasteiger partial charge in [0.15, 0.2) is 5.82 Å². The van der Waals surface area contributed by atoms with Crippen molar-refractivity contribution in [3.05, 3.63) is 11.9 Å². The smallest absolute Gasteiger partial charge is 0.389 e. The van der Waals surface area contributed by atoms with Gasteiger partial charge >= 0.3 is 6.18 Å². The second-order valence-electron chi connectivity index (χ2n) is 7.34. The maximum Gasteiger partial charge on any atom is 0.408 e. The average Bonchev–Trinajstić information content (AvgIpc) is 2.61. The Morgan fingerprint density at radius 2 is 1.74 bits per heavy atom. The summed E-state index contributed by atoms with van der Waals surface area (Å²) in [6.07, 6.45) is 4.24. The number of aliphatic hydroxyl groups is 1. The molecule has 1 unspecified atom stereocenters. The Kier molecular flexibility index (Phi) is 6.18. The molecule has 1 aromatic rings.